The lowest BCUT2D eigenvalue weighted by molar-refractivity contribution is 0.590. The second-order valence-corrected chi connectivity index (χ2v) is 25.1. The van der Waals surface area contributed by atoms with Crippen LogP contribution in [0.15, 0.2) is 229 Å². The quantitative estimate of drug-likeness (QED) is 0.152. The van der Waals surface area contributed by atoms with Gasteiger partial charge in [0.05, 0.1) is 22.2 Å². The monoisotopic (exact) mass is 1060 g/mol. The average molecular weight is 1060 g/mol. The molecule has 400 valence electrons. The second kappa shape index (κ2) is 18.9. The van der Waals surface area contributed by atoms with Gasteiger partial charge in [0.25, 0.3) is 0 Å². The molecule has 4 nitrogen and oxygen atoms in total. The lowest BCUT2D eigenvalue weighted by atomic mass is 9.70. The number of hydrogen-bond acceptors (Lipinski definition) is 4. The number of rotatable bonds is 8. The molecule has 14 rings (SSSR count). The van der Waals surface area contributed by atoms with Crippen molar-refractivity contribution in [3.05, 3.63) is 280 Å². The zero-order chi connectivity index (χ0) is 56.4. The van der Waals surface area contributed by atoms with Gasteiger partial charge in [0.15, 0.2) is 0 Å². The molecule has 2 heterocycles. The molecule has 0 atom stereocenters. The molecule has 0 fully saturated rings. The first-order valence-electron chi connectivity index (χ1n) is 28.9. The van der Waals surface area contributed by atoms with E-state index in [1.807, 2.05) is 6.20 Å². The second-order valence-electron chi connectivity index (χ2n) is 25.1. The van der Waals surface area contributed by atoms with Crippen LogP contribution in [0.4, 0.5) is 34.3 Å². The summed E-state index contributed by atoms with van der Waals surface area (Å²) in [6.07, 6.45) is 2.02. The summed E-state index contributed by atoms with van der Waals surface area (Å²) >= 11 is 0. The van der Waals surface area contributed by atoms with Gasteiger partial charge in [-0.3, -0.25) is 4.90 Å². The molecule has 2 aliphatic carbocycles. The third-order valence-electron chi connectivity index (χ3n) is 17.5. The fourth-order valence-electron chi connectivity index (χ4n) is 13.3. The highest BCUT2D eigenvalue weighted by molar-refractivity contribution is 6.20. The number of hydrogen-bond donors (Lipinski definition) is 0. The van der Waals surface area contributed by atoms with E-state index in [1.54, 1.807) is 0 Å². The summed E-state index contributed by atoms with van der Waals surface area (Å²) in [5.74, 6) is 0.846. The Bertz CT molecular complexity index is 4440. The van der Waals surface area contributed by atoms with Crippen molar-refractivity contribution in [1.29, 1.82) is 0 Å². The number of nitrogens with zero attached hydrogens (tertiary/aromatic N) is 3. The van der Waals surface area contributed by atoms with Crippen LogP contribution in [0.25, 0.3) is 66.4 Å². The summed E-state index contributed by atoms with van der Waals surface area (Å²) < 4.78 is 7.49. The zero-order valence-electron chi connectivity index (χ0n) is 48.6. The van der Waals surface area contributed by atoms with Gasteiger partial charge >= 0.3 is 0 Å². The molecule has 10 aromatic carbocycles. The first-order valence-corrected chi connectivity index (χ1v) is 28.9. The number of fused-ring (bicyclic) bond motifs is 14. The molecule has 0 bridgehead atoms. The highest BCUT2D eigenvalue weighted by Gasteiger charge is 2.53. The van der Waals surface area contributed by atoms with Gasteiger partial charge in [-0.2, -0.15) is 0 Å². The predicted molar refractivity (Wildman–Crippen MR) is 344 cm³/mol. The van der Waals surface area contributed by atoms with Gasteiger partial charge in [-0.25, -0.2) is 4.98 Å². The van der Waals surface area contributed by atoms with Crippen LogP contribution in [0.1, 0.15) is 97.2 Å². The lowest BCUT2D eigenvalue weighted by Gasteiger charge is -2.34. The van der Waals surface area contributed by atoms with E-state index in [1.165, 1.54) is 72.3 Å². The molecule has 1 spiro atoms. The number of furan rings is 1. The summed E-state index contributed by atoms with van der Waals surface area (Å²) in [6.45, 7) is 22.4. The Hall–Kier alpha value is -9.25. The maximum Gasteiger partial charge on any atom is 0.145 e. The molecule has 0 N–H and O–H groups in total. The molecule has 0 saturated heterocycles. The smallest absolute Gasteiger partial charge is 0.145 e. The molecule has 0 radical (unpaired) electrons. The molecule has 0 amide bonds. The number of benzene rings is 10. The van der Waals surface area contributed by atoms with Crippen molar-refractivity contribution >= 4 is 56.2 Å². The van der Waals surface area contributed by atoms with E-state index in [0.29, 0.717) is 0 Å². The van der Waals surface area contributed by atoms with Crippen molar-refractivity contribution in [2.75, 3.05) is 9.80 Å². The van der Waals surface area contributed by atoms with Gasteiger partial charge in [0.1, 0.15) is 17.0 Å². The standard InChI is InChI=1S/C78H67N3O/c1-48-23-28-52(29-24-48)63-43-50(3)27-42-69(63)80(56-36-32-54(33-37-56)76(5,6)7)58-40-41-61-67(45-58)78(65-20-14-11-17-59(65)60-18-12-15-21-66(60)78)68-46-70(73-62-19-13-16-22-71(62)82-74(73)72(61)68)81(57-38-34-55(35-39-57)77(8,9)10)75-64(44-51(4)47-79-75)53-30-25-49(2)26-31-53/h11-47H,1-10H3. The van der Waals surface area contributed by atoms with Crippen molar-refractivity contribution < 1.29 is 4.42 Å². The Kier molecular flexibility index (Phi) is 11.8. The molecule has 0 saturated carbocycles. The molecule has 2 aromatic heterocycles. The minimum Gasteiger partial charge on any atom is -0.455 e. The van der Waals surface area contributed by atoms with Crippen LogP contribution in [-0.2, 0) is 16.2 Å². The van der Waals surface area contributed by atoms with E-state index < -0.39 is 5.41 Å². The van der Waals surface area contributed by atoms with Crippen molar-refractivity contribution in [1.82, 2.24) is 4.98 Å². The molecule has 82 heavy (non-hydrogen) atoms. The summed E-state index contributed by atoms with van der Waals surface area (Å²) in [5.41, 5.74) is 27.6. The molecule has 0 unspecified atom stereocenters. The van der Waals surface area contributed by atoms with E-state index in [9.17, 15) is 0 Å². The molecule has 0 aliphatic heterocycles. The summed E-state index contributed by atoms with van der Waals surface area (Å²) in [5, 5.41) is 2.09. The summed E-state index contributed by atoms with van der Waals surface area (Å²) in [6, 6.07) is 82.1. The number of anilines is 6. The fraction of sp³-hybridized carbons (Fsp3) is 0.167. The molecule has 4 heteroatoms. The van der Waals surface area contributed by atoms with Crippen molar-refractivity contribution in [2.24, 2.45) is 0 Å². The Balaban J connectivity index is 1.10. The summed E-state index contributed by atoms with van der Waals surface area (Å²) in [4.78, 5) is 10.4. The van der Waals surface area contributed by atoms with Crippen LogP contribution in [0.3, 0.4) is 0 Å². The maximum atomic E-state index is 7.49. The van der Waals surface area contributed by atoms with Gasteiger partial charge in [0.2, 0.25) is 0 Å². The van der Waals surface area contributed by atoms with Crippen LogP contribution in [0, 0.1) is 27.7 Å². The normalized spacial score (nSPS) is 13.1. The molecular formula is C78H67N3O. The van der Waals surface area contributed by atoms with E-state index in [-0.39, 0.29) is 10.8 Å². The van der Waals surface area contributed by atoms with Gasteiger partial charge in [0, 0.05) is 45.3 Å². The number of pyridine rings is 1. The Morgan fingerprint density at radius 3 is 1.52 bits per heavy atom. The van der Waals surface area contributed by atoms with Crippen LogP contribution < -0.4 is 9.80 Å². The van der Waals surface area contributed by atoms with Crippen LogP contribution in [0.2, 0.25) is 0 Å². The largest absolute Gasteiger partial charge is 0.455 e. The van der Waals surface area contributed by atoms with Crippen molar-refractivity contribution in [3.63, 3.8) is 0 Å². The molecular weight excluding hydrogens is 995 g/mol. The van der Waals surface area contributed by atoms with Crippen LogP contribution >= 0.6 is 0 Å². The molecule has 2 aliphatic rings. The zero-order valence-corrected chi connectivity index (χ0v) is 48.6. The van der Waals surface area contributed by atoms with Crippen molar-refractivity contribution in [3.8, 4) is 44.5 Å². The van der Waals surface area contributed by atoms with E-state index in [4.69, 9.17) is 9.40 Å². The topological polar surface area (TPSA) is 32.5 Å². The van der Waals surface area contributed by atoms with Crippen molar-refractivity contribution in [2.45, 2.75) is 85.5 Å². The number of aromatic nitrogens is 1. The third kappa shape index (κ3) is 8.05. The number of para-hydroxylation sites is 1. The van der Waals surface area contributed by atoms with Gasteiger partial charge < -0.3 is 9.32 Å². The average Bonchev–Trinajstić information content (AvgIpc) is 2.34. The Labute approximate surface area is 483 Å². The highest BCUT2D eigenvalue weighted by Crippen LogP contribution is 2.66. The molecule has 12 aromatic rings. The van der Waals surface area contributed by atoms with Gasteiger partial charge in [-0.15, -0.1) is 0 Å². The SMILES string of the molecule is Cc1ccc(-c2cc(C)ccc2N(c2ccc(C(C)(C)C)cc2)c2ccc3c(c2)C2(c4ccccc4-c4ccccc42)c2cc(N(c4ccc(C(C)(C)C)cc4)c4ncc(C)cc4-c4ccc(C)cc4)c4c(oc5ccccc54)c2-3)cc1. The van der Waals surface area contributed by atoms with E-state index in [0.717, 1.165) is 84.0 Å². The fourth-order valence-corrected chi connectivity index (χ4v) is 13.3. The minimum absolute atomic E-state index is 0.0146. The third-order valence-corrected chi connectivity index (χ3v) is 17.5. The van der Waals surface area contributed by atoms with Gasteiger partial charge in [-0.05, 0) is 172 Å². The lowest BCUT2D eigenvalue weighted by Crippen LogP contribution is -2.26. The van der Waals surface area contributed by atoms with E-state index >= 15 is 0 Å². The first kappa shape index (κ1) is 50.9. The predicted octanol–water partition coefficient (Wildman–Crippen LogP) is 21.4. The highest BCUT2D eigenvalue weighted by atomic mass is 16.3. The Morgan fingerprint density at radius 2 is 0.915 bits per heavy atom. The Morgan fingerprint density at radius 1 is 0.390 bits per heavy atom. The number of aryl methyl sites for hydroxylation is 4. The van der Waals surface area contributed by atoms with Crippen LogP contribution in [0.5, 0.6) is 0 Å². The van der Waals surface area contributed by atoms with Crippen LogP contribution in [-0.4, -0.2) is 4.98 Å². The van der Waals surface area contributed by atoms with E-state index in [2.05, 4.69) is 297 Å². The first-order chi connectivity index (χ1) is 39.6. The minimum atomic E-state index is -0.771. The van der Waals surface area contributed by atoms with Gasteiger partial charge in [-0.1, -0.05) is 210 Å². The maximum absolute atomic E-state index is 7.49. The summed E-state index contributed by atoms with van der Waals surface area (Å²) in [7, 11) is 0.